The number of rotatable bonds is 7. The maximum atomic E-state index is 14.2. The molecule has 0 fully saturated rings. The second kappa shape index (κ2) is 12.9. The summed E-state index contributed by atoms with van der Waals surface area (Å²) in [6, 6.07) is 19.5. The van der Waals surface area contributed by atoms with Gasteiger partial charge in [-0.3, -0.25) is 14.2 Å². The van der Waals surface area contributed by atoms with Gasteiger partial charge < -0.3 is 14.2 Å². The zero-order valence-corrected chi connectivity index (χ0v) is 27.9. The Hall–Kier alpha value is -3.30. The number of hydrogen-bond donors (Lipinski definition) is 0. The molecule has 0 radical (unpaired) electrons. The molecule has 0 saturated carbocycles. The van der Waals surface area contributed by atoms with Gasteiger partial charge in [0.25, 0.3) is 5.56 Å². The van der Waals surface area contributed by atoms with Crippen molar-refractivity contribution in [3.05, 3.63) is 116 Å². The van der Waals surface area contributed by atoms with Crippen LogP contribution in [0.2, 0.25) is 0 Å². The number of aromatic nitrogens is 1. The van der Waals surface area contributed by atoms with E-state index < -0.39 is 18.0 Å². The number of carbonyl (C=O) groups excluding carboxylic acids is 2. The average molecular weight is 806 g/mol. The van der Waals surface area contributed by atoms with Crippen molar-refractivity contribution < 1.29 is 23.8 Å². The molecular weight excluding hydrogens is 782 g/mol. The third-order valence-electron chi connectivity index (χ3n) is 6.35. The smallest absolute Gasteiger partial charge is 0.338 e. The van der Waals surface area contributed by atoms with Crippen LogP contribution in [0.1, 0.15) is 36.6 Å². The largest absolute Gasteiger partial charge is 0.497 e. The van der Waals surface area contributed by atoms with Gasteiger partial charge in [0, 0.05) is 21.6 Å². The van der Waals surface area contributed by atoms with Crippen LogP contribution in [-0.4, -0.2) is 30.2 Å². The lowest BCUT2D eigenvalue weighted by atomic mass is 9.93. The van der Waals surface area contributed by atoms with E-state index >= 15 is 0 Å². The first-order valence-corrected chi connectivity index (χ1v) is 15.8. The van der Waals surface area contributed by atoms with E-state index in [2.05, 4.69) is 45.2 Å². The molecule has 214 valence electrons. The number of thiazole rings is 1. The number of fused-ring (bicyclic) bond motifs is 1. The van der Waals surface area contributed by atoms with Crippen molar-refractivity contribution in [3.8, 4) is 11.5 Å². The Morgan fingerprint density at radius 1 is 1.07 bits per heavy atom. The van der Waals surface area contributed by atoms with Crippen LogP contribution in [0.3, 0.4) is 0 Å². The molecule has 1 atom stereocenters. The lowest BCUT2D eigenvalue weighted by Crippen LogP contribution is -2.40. The van der Waals surface area contributed by atoms with Crippen molar-refractivity contribution in [2.24, 2.45) is 4.99 Å². The molecule has 0 N–H and O–H groups in total. The molecule has 1 aliphatic heterocycles. The molecule has 0 spiro atoms. The van der Waals surface area contributed by atoms with Crippen molar-refractivity contribution in [3.63, 3.8) is 0 Å². The number of esters is 2. The first-order valence-electron chi connectivity index (χ1n) is 12.8. The molecule has 3 aromatic carbocycles. The number of nitrogens with zero attached hydrogens (tertiary/aromatic N) is 2. The summed E-state index contributed by atoms with van der Waals surface area (Å²) < 4.78 is 20.1. The highest BCUT2D eigenvalue weighted by Crippen LogP contribution is 2.36. The Balaban J connectivity index is 1.85. The van der Waals surface area contributed by atoms with Gasteiger partial charge in [-0.15, -0.1) is 0 Å². The lowest BCUT2D eigenvalue weighted by Gasteiger charge is -2.26. The Labute approximate surface area is 272 Å². The van der Waals surface area contributed by atoms with E-state index in [1.807, 2.05) is 54.6 Å². The highest BCUT2D eigenvalue weighted by Gasteiger charge is 2.35. The SMILES string of the molecule is CCOC(=O)C1=C(c2ccccc2)N=c2s/c(=C\c3cc(I)cc(I)c3OC(C)=O)c(=O)n2[C@H]1c1cccc(OC)c1. The average Bonchev–Trinajstić information content (AvgIpc) is 3.28. The van der Waals surface area contributed by atoms with E-state index in [0.29, 0.717) is 37.7 Å². The number of hydrogen-bond acceptors (Lipinski definition) is 8. The first-order chi connectivity index (χ1) is 20.2. The quantitative estimate of drug-likeness (QED) is 0.147. The van der Waals surface area contributed by atoms with E-state index in [9.17, 15) is 14.4 Å². The molecular formula is C31H24I2N2O6S. The van der Waals surface area contributed by atoms with Crippen LogP contribution in [0, 0.1) is 7.14 Å². The number of halogens is 2. The monoisotopic (exact) mass is 806 g/mol. The van der Waals surface area contributed by atoms with Gasteiger partial charge in [-0.1, -0.05) is 53.8 Å². The van der Waals surface area contributed by atoms with Gasteiger partial charge >= 0.3 is 11.9 Å². The van der Waals surface area contributed by atoms with E-state index in [4.69, 9.17) is 19.2 Å². The number of methoxy groups -OCH3 is 1. The predicted molar refractivity (Wildman–Crippen MR) is 177 cm³/mol. The van der Waals surface area contributed by atoms with Crippen LogP contribution in [-0.2, 0) is 14.3 Å². The van der Waals surface area contributed by atoms with Crippen LogP contribution >= 0.6 is 56.5 Å². The normalized spacial score (nSPS) is 14.7. The topological polar surface area (TPSA) is 96.2 Å². The van der Waals surface area contributed by atoms with E-state index in [1.165, 1.54) is 22.8 Å². The lowest BCUT2D eigenvalue weighted by molar-refractivity contribution is -0.139. The molecule has 0 saturated heterocycles. The molecule has 42 heavy (non-hydrogen) atoms. The predicted octanol–water partition coefficient (Wildman–Crippen LogP) is 5.08. The number of ether oxygens (including phenoxy) is 3. The van der Waals surface area contributed by atoms with Crippen molar-refractivity contribution in [2.75, 3.05) is 13.7 Å². The standard InChI is InChI=1S/C31H24I2N2O6S/c1-4-40-30(38)25-26(18-9-6-5-7-10-18)34-31-35(27(25)19-11-8-12-22(14-19)39-3)29(37)24(42-31)15-20-13-21(32)16-23(33)28(20)41-17(2)36/h5-16,27H,4H2,1-3H3/b24-15-/t27-/m0/s1. The van der Waals surface area contributed by atoms with Crippen LogP contribution in [0.25, 0.3) is 11.8 Å². The van der Waals surface area contributed by atoms with Gasteiger partial charge in [0.05, 0.1) is 39.1 Å². The highest BCUT2D eigenvalue weighted by molar-refractivity contribution is 14.1. The van der Waals surface area contributed by atoms with Gasteiger partial charge in [0.15, 0.2) is 10.6 Å². The molecule has 4 aromatic rings. The van der Waals surface area contributed by atoms with Crippen molar-refractivity contribution >= 4 is 80.2 Å². The maximum Gasteiger partial charge on any atom is 0.338 e. The van der Waals surface area contributed by atoms with Gasteiger partial charge in [-0.25, -0.2) is 9.79 Å². The summed E-state index contributed by atoms with van der Waals surface area (Å²) in [6.07, 6.45) is 1.70. The number of carbonyl (C=O) groups is 2. The summed E-state index contributed by atoms with van der Waals surface area (Å²) in [6.45, 7) is 3.23. The molecule has 2 heterocycles. The van der Waals surface area contributed by atoms with Crippen LogP contribution in [0.4, 0.5) is 0 Å². The molecule has 0 bridgehead atoms. The summed E-state index contributed by atoms with van der Waals surface area (Å²) in [5.41, 5.74) is 2.30. The summed E-state index contributed by atoms with van der Waals surface area (Å²) in [5.74, 6) is -0.0761. The molecule has 11 heteroatoms. The second-order valence-electron chi connectivity index (χ2n) is 9.11. The Bertz CT molecular complexity index is 1910. The highest BCUT2D eigenvalue weighted by atomic mass is 127. The van der Waals surface area contributed by atoms with Gasteiger partial charge in [-0.2, -0.15) is 0 Å². The zero-order valence-electron chi connectivity index (χ0n) is 22.7. The maximum absolute atomic E-state index is 14.2. The van der Waals surface area contributed by atoms with Crippen LogP contribution in [0.15, 0.2) is 82.1 Å². The van der Waals surface area contributed by atoms with E-state index in [1.54, 1.807) is 32.2 Å². The molecule has 0 aliphatic carbocycles. The molecule has 0 unspecified atom stereocenters. The third-order valence-corrected chi connectivity index (χ3v) is 8.76. The Kier molecular flexibility index (Phi) is 9.28. The van der Waals surface area contributed by atoms with Gasteiger partial charge in [0.1, 0.15) is 5.75 Å². The minimum absolute atomic E-state index is 0.157. The molecule has 5 rings (SSSR count). The fourth-order valence-corrected chi connectivity index (χ4v) is 7.64. The van der Waals surface area contributed by atoms with Crippen LogP contribution in [0.5, 0.6) is 11.5 Å². The number of benzene rings is 3. The van der Waals surface area contributed by atoms with Crippen molar-refractivity contribution in [1.82, 2.24) is 4.57 Å². The van der Waals surface area contributed by atoms with Crippen molar-refractivity contribution in [2.45, 2.75) is 19.9 Å². The van der Waals surface area contributed by atoms with Crippen molar-refractivity contribution in [1.29, 1.82) is 0 Å². The molecule has 1 aliphatic rings. The van der Waals surface area contributed by atoms with E-state index in [0.717, 1.165) is 12.7 Å². The first kappa shape index (κ1) is 30.2. The summed E-state index contributed by atoms with van der Waals surface area (Å²) in [5, 5.41) is 0. The minimum atomic E-state index is -0.836. The Morgan fingerprint density at radius 2 is 1.83 bits per heavy atom. The zero-order chi connectivity index (χ0) is 30.0. The summed E-state index contributed by atoms with van der Waals surface area (Å²) >= 11 is 5.48. The van der Waals surface area contributed by atoms with Gasteiger partial charge in [-0.05, 0) is 88.0 Å². The van der Waals surface area contributed by atoms with Crippen LogP contribution < -0.4 is 24.4 Å². The van der Waals surface area contributed by atoms with E-state index in [-0.39, 0.29) is 17.7 Å². The minimum Gasteiger partial charge on any atom is -0.497 e. The summed E-state index contributed by atoms with van der Waals surface area (Å²) in [7, 11) is 1.56. The Morgan fingerprint density at radius 3 is 2.52 bits per heavy atom. The molecule has 0 amide bonds. The fourth-order valence-electron chi connectivity index (χ4n) is 4.65. The summed E-state index contributed by atoms with van der Waals surface area (Å²) in [4.78, 5) is 45.0. The third kappa shape index (κ3) is 6.08. The molecule has 1 aromatic heterocycles. The molecule has 8 nitrogen and oxygen atoms in total. The second-order valence-corrected chi connectivity index (χ2v) is 12.5. The fraction of sp³-hybridized carbons (Fsp3) is 0.161. The van der Waals surface area contributed by atoms with Gasteiger partial charge in [0.2, 0.25) is 0 Å².